The molecule has 0 fully saturated rings. The molecule has 0 aromatic heterocycles. The van der Waals surface area contributed by atoms with Gasteiger partial charge in [0.25, 0.3) is 5.69 Å². The fraction of sp³-hybridized carbons (Fsp3) is 0.143. The quantitative estimate of drug-likeness (QED) is 0.463. The Kier molecular flexibility index (Phi) is 6.18. The van der Waals surface area contributed by atoms with E-state index in [1.54, 1.807) is 0 Å². The second-order valence-electron chi connectivity index (χ2n) is 6.41. The molecule has 28 heavy (non-hydrogen) atoms. The van der Waals surface area contributed by atoms with Gasteiger partial charge in [0.2, 0.25) is 10.0 Å². The van der Waals surface area contributed by atoms with Gasteiger partial charge in [0.15, 0.2) is 0 Å². The Hall–Kier alpha value is -3.03. The molecule has 0 spiro atoms. The van der Waals surface area contributed by atoms with E-state index >= 15 is 0 Å². The molecule has 0 aliphatic rings. The van der Waals surface area contributed by atoms with Gasteiger partial charge in [-0.3, -0.25) is 10.1 Å². The molecule has 0 saturated carbocycles. The highest BCUT2D eigenvalue weighted by atomic mass is 32.2. The van der Waals surface area contributed by atoms with Crippen molar-refractivity contribution in [3.63, 3.8) is 0 Å². The van der Waals surface area contributed by atoms with Crippen molar-refractivity contribution in [2.24, 2.45) is 0 Å². The molecular formula is C21H20N2O4S. The molecule has 3 aromatic rings. The van der Waals surface area contributed by atoms with Gasteiger partial charge in [0.1, 0.15) is 0 Å². The fourth-order valence-corrected chi connectivity index (χ4v) is 4.15. The molecule has 0 unspecified atom stereocenters. The summed E-state index contributed by atoms with van der Waals surface area (Å²) >= 11 is 0. The normalized spacial score (nSPS) is 11.5. The summed E-state index contributed by atoms with van der Waals surface area (Å²) < 4.78 is 27.8. The molecule has 0 heterocycles. The first kappa shape index (κ1) is 19.7. The van der Waals surface area contributed by atoms with Crippen molar-refractivity contribution in [1.29, 1.82) is 0 Å². The highest BCUT2D eigenvalue weighted by Gasteiger charge is 2.19. The third kappa shape index (κ3) is 5.25. The average molecular weight is 396 g/mol. The molecule has 0 radical (unpaired) electrons. The minimum atomic E-state index is -3.60. The molecule has 7 heteroatoms. The van der Waals surface area contributed by atoms with E-state index in [1.165, 1.54) is 24.3 Å². The number of hydrogen-bond acceptors (Lipinski definition) is 4. The maximum atomic E-state index is 12.5. The maximum absolute atomic E-state index is 12.5. The molecule has 0 saturated heterocycles. The summed E-state index contributed by atoms with van der Waals surface area (Å²) in [5, 5.41) is 10.7. The Morgan fingerprint density at radius 2 is 1.32 bits per heavy atom. The molecule has 0 amide bonds. The molecule has 3 rings (SSSR count). The van der Waals surface area contributed by atoms with Crippen molar-refractivity contribution in [1.82, 2.24) is 4.72 Å². The van der Waals surface area contributed by atoms with Crippen LogP contribution in [-0.2, 0) is 15.8 Å². The smallest absolute Gasteiger partial charge is 0.258 e. The molecule has 3 aromatic carbocycles. The van der Waals surface area contributed by atoms with Crippen LogP contribution in [0.15, 0.2) is 84.9 Å². The van der Waals surface area contributed by atoms with Crippen molar-refractivity contribution < 1.29 is 13.3 Å². The number of non-ortho nitro benzene ring substituents is 1. The van der Waals surface area contributed by atoms with Gasteiger partial charge in [-0.15, -0.1) is 0 Å². The standard InChI is InChI=1S/C21H20N2O4S/c24-23(25)20-13-11-17(12-14-20)16-28(26,27)22-15-21(18-7-3-1-4-8-18)19-9-5-2-6-10-19/h1-14,21-22H,15-16H2. The molecular weight excluding hydrogens is 376 g/mol. The largest absolute Gasteiger partial charge is 0.269 e. The van der Waals surface area contributed by atoms with Crippen LogP contribution in [0.3, 0.4) is 0 Å². The van der Waals surface area contributed by atoms with Crippen molar-refractivity contribution in [3.05, 3.63) is 112 Å². The van der Waals surface area contributed by atoms with Gasteiger partial charge in [-0.2, -0.15) is 0 Å². The van der Waals surface area contributed by atoms with Crippen molar-refractivity contribution in [2.75, 3.05) is 6.54 Å². The summed E-state index contributed by atoms with van der Waals surface area (Å²) in [6.07, 6.45) is 0. The number of hydrogen-bond donors (Lipinski definition) is 1. The van der Waals surface area contributed by atoms with E-state index in [-0.39, 0.29) is 23.9 Å². The molecule has 1 N–H and O–H groups in total. The second-order valence-corrected chi connectivity index (χ2v) is 8.21. The van der Waals surface area contributed by atoms with Gasteiger partial charge < -0.3 is 0 Å². The molecule has 6 nitrogen and oxygen atoms in total. The highest BCUT2D eigenvalue weighted by molar-refractivity contribution is 7.88. The summed E-state index contributed by atoms with van der Waals surface area (Å²) in [6, 6.07) is 25.0. The van der Waals surface area contributed by atoms with Crippen LogP contribution >= 0.6 is 0 Å². The lowest BCUT2D eigenvalue weighted by molar-refractivity contribution is -0.384. The van der Waals surface area contributed by atoms with Gasteiger partial charge in [0, 0.05) is 24.6 Å². The summed E-state index contributed by atoms with van der Waals surface area (Å²) in [5.74, 6) is -0.351. The van der Waals surface area contributed by atoms with E-state index in [9.17, 15) is 18.5 Å². The van der Waals surface area contributed by atoms with E-state index in [0.717, 1.165) is 11.1 Å². The Balaban J connectivity index is 1.74. The van der Waals surface area contributed by atoms with Gasteiger partial charge in [-0.1, -0.05) is 72.8 Å². The first-order chi connectivity index (χ1) is 13.4. The summed E-state index contributed by atoms with van der Waals surface area (Å²) in [6.45, 7) is 0.226. The lowest BCUT2D eigenvalue weighted by Gasteiger charge is -2.19. The average Bonchev–Trinajstić information content (AvgIpc) is 2.70. The van der Waals surface area contributed by atoms with Gasteiger partial charge >= 0.3 is 0 Å². The summed E-state index contributed by atoms with van der Waals surface area (Å²) in [7, 11) is -3.60. The van der Waals surface area contributed by atoms with E-state index < -0.39 is 14.9 Å². The van der Waals surface area contributed by atoms with Crippen molar-refractivity contribution in [3.8, 4) is 0 Å². The van der Waals surface area contributed by atoms with Gasteiger partial charge in [0.05, 0.1) is 10.7 Å². The predicted octanol–water partition coefficient (Wildman–Crippen LogP) is 3.85. The second kappa shape index (κ2) is 8.77. The van der Waals surface area contributed by atoms with E-state index in [2.05, 4.69) is 4.72 Å². The van der Waals surface area contributed by atoms with Crippen LogP contribution in [0.5, 0.6) is 0 Å². The number of rotatable bonds is 8. The Morgan fingerprint density at radius 3 is 1.79 bits per heavy atom. The Labute approximate surface area is 164 Å². The third-order valence-corrected chi connectivity index (χ3v) is 5.73. The number of nitrogens with one attached hydrogen (secondary N) is 1. The number of nitrogens with zero attached hydrogens (tertiary/aromatic N) is 1. The van der Waals surface area contributed by atoms with Crippen molar-refractivity contribution >= 4 is 15.7 Å². The first-order valence-corrected chi connectivity index (χ1v) is 10.4. The lowest BCUT2D eigenvalue weighted by atomic mass is 9.92. The number of benzene rings is 3. The monoisotopic (exact) mass is 396 g/mol. The predicted molar refractivity (Wildman–Crippen MR) is 108 cm³/mol. The van der Waals surface area contributed by atoms with E-state index in [1.807, 2.05) is 60.7 Å². The lowest BCUT2D eigenvalue weighted by Crippen LogP contribution is -2.30. The van der Waals surface area contributed by atoms with Crippen LogP contribution in [0.25, 0.3) is 0 Å². The zero-order valence-electron chi connectivity index (χ0n) is 15.1. The third-order valence-electron chi connectivity index (χ3n) is 4.42. The molecule has 144 valence electrons. The van der Waals surface area contributed by atoms with Crippen molar-refractivity contribution in [2.45, 2.75) is 11.7 Å². The van der Waals surface area contributed by atoms with Crippen LogP contribution in [-0.4, -0.2) is 19.9 Å². The minimum absolute atomic E-state index is 0.0673. The minimum Gasteiger partial charge on any atom is -0.258 e. The van der Waals surface area contributed by atoms with Gasteiger partial charge in [-0.25, -0.2) is 13.1 Å². The fourth-order valence-electron chi connectivity index (χ4n) is 2.99. The molecule has 0 atom stereocenters. The first-order valence-electron chi connectivity index (χ1n) is 8.75. The zero-order valence-corrected chi connectivity index (χ0v) is 15.9. The van der Waals surface area contributed by atoms with Crippen LogP contribution in [0.4, 0.5) is 5.69 Å². The van der Waals surface area contributed by atoms with Crippen LogP contribution in [0.1, 0.15) is 22.6 Å². The zero-order chi connectivity index (χ0) is 20.0. The molecule has 0 bridgehead atoms. The van der Waals surface area contributed by atoms with Crippen LogP contribution in [0, 0.1) is 10.1 Å². The maximum Gasteiger partial charge on any atom is 0.269 e. The topological polar surface area (TPSA) is 89.3 Å². The van der Waals surface area contributed by atoms with E-state index in [4.69, 9.17) is 0 Å². The van der Waals surface area contributed by atoms with Crippen LogP contribution in [0.2, 0.25) is 0 Å². The number of nitro benzene ring substituents is 1. The molecule has 0 aliphatic carbocycles. The SMILES string of the molecule is O=[N+]([O-])c1ccc(CS(=O)(=O)NCC(c2ccccc2)c2ccccc2)cc1. The Bertz CT molecular complexity index is 982. The summed E-state index contributed by atoms with van der Waals surface area (Å²) in [4.78, 5) is 10.2. The Morgan fingerprint density at radius 1 is 0.821 bits per heavy atom. The summed E-state index contributed by atoms with van der Waals surface area (Å²) in [5.41, 5.74) is 2.47. The van der Waals surface area contributed by atoms with Gasteiger partial charge in [-0.05, 0) is 16.7 Å². The van der Waals surface area contributed by atoms with Crippen LogP contribution < -0.4 is 4.72 Å². The molecule has 0 aliphatic heterocycles. The highest BCUT2D eigenvalue weighted by Crippen LogP contribution is 2.24. The number of nitro groups is 1. The number of sulfonamides is 1. The van der Waals surface area contributed by atoms with E-state index in [0.29, 0.717) is 5.56 Å².